The van der Waals surface area contributed by atoms with Crippen molar-refractivity contribution in [3.63, 3.8) is 0 Å². The number of nitrogens with zero attached hydrogens (tertiary/aromatic N) is 1. The molecule has 0 saturated carbocycles. The van der Waals surface area contributed by atoms with Gasteiger partial charge in [0.1, 0.15) is 13.2 Å². The van der Waals surface area contributed by atoms with Gasteiger partial charge < -0.3 is 28.8 Å². The van der Waals surface area contributed by atoms with Crippen molar-refractivity contribution in [3.05, 3.63) is 122 Å². The number of likely N-dealkylation sites (N-methyl/N-ethyl adjacent to an activating group) is 1. The van der Waals surface area contributed by atoms with E-state index in [4.69, 9.17) is 9.05 Å². The monoisotopic (exact) mass is 951 g/mol. The molecule has 0 bridgehead atoms. The van der Waals surface area contributed by atoms with Gasteiger partial charge in [0.25, 0.3) is 7.82 Å². The molecule has 3 atom stereocenters. The zero-order valence-corrected chi connectivity index (χ0v) is 44.2. The third kappa shape index (κ3) is 50.6. The highest BCUT2D eigenvalue weighted by Gasteiger charge is 2.23. The van der Waals surface area contributed by atoms with Crippen molar-refractivity contribution in [2.24, 2.45) is 0 Å². The Labute approximate surface area is 412 Å². The van der Waals surface area contributed by atoms with Gasteiger partial charge in [0.05, 0.1) is 39.9 Å². The summed E-state index contributed by atoms with van der Waals surface area (Å²) in [5, 5.41) is 13.8. The van der Waals surface area contributed by atoms with Gasteiger partial charge in [-0.15, -0.1) is 0 Å². The average Bonchev–Trinajstić information content (AvgIpc) is 3.29. The highest BCUT2D eigenvalue weighted by Crippen LogP contribution is 2.38. The molecule has 2 N–H and O–H groups in total. The normalized spacial score (nSPS) is 15.0. The van der Waals surface area contributed by atoms with Crippen molar-refractivity contribution in [3.8, 4) is 0 Å². The summed E-state index contributed by atoms with van der Waals surface area (Å²) in [5.74, 6) is -0.222. The van der Waals surface area contributed by atoms with Gasteiger partial charge in [-0.1, -0.05) is 206 Å². The van der Waals surface area contributed by atoms with Crippen molar-refractivity contribution in [2.45, 2.75) is 199 Å². The van der Waals surface area contributed by atoms with Gasteiger partial charge in [0.15, 0.2) is 0 Å². The lowest BCUT2D eigenvalue weighted by molar-refractivity contribution is -0.870. The van der Waals surface area contributed by atoms with E-state index >= 15 is 0 Å². The first-order valence-corrected chi connectivity index (χ1v) is 27.9. The summed E-state index contributed by atoms with van der Waals surface area (Å²) in [4.78, 5) is 25.4. The summed E-state index contributed by atoms with van der Waals surface area (Å²) >= 11 is 0. The lowest BCUT2D eigenvalue weighted by Gasteiger charge is -2.29. The predicted octanol–water partition coefficient (Wildman–Crippen LogP) is 15.2. The van der Waals surface area contributed by atoms with E-state index in [2.05, 4.69) is 129 Å². The summed E-state index contributed by atoms with van der Waals surface area (Å²) in [6, 6.07) is -0.918. The third-order valence-corrected chi connectivity index (χ3v) is 11.8. The number of carbonyl (C=O) groups is 1. The fourth-order valence-electron chi connectivity index (χ4n) is 6.74. The fraction of sp³-hybridized carbons (Fsp3) is 0.638. The number of quaternary nitrogens is 1. The van der Waals surface area contributed by atoms with Crippen LogP contribution in [0.5, 0.6) is 0 Å². The van der Waals surface area contributed by atoms with E-state index in [-0.39, 0.29) is 12.5 Å². The Morgan fingerprint density at radius 3 is 1.39 bits per heavy atom. The molecule has 0 aromatic carbocycles. The van der Waals surface area contributed by atoms with E-state index in [9.17, 15) is 19.4 Å². The Hall–Kier alpha value is -3.10. The maximum absolute atomic E-state index is 12.9. The molecular formula is C58H99N2O6P. The molecule has 0 aliphatic rings. The fourth-order valence-corrected chi connectivity index (χ4v) is 7.46. The Morgan fingerprint density at radius 2 is 0.925 bits per heavy atom. The molecule has 0 aliphatic carbocycles. The quantitative estimate of drug-likeness (QED) is 0.0272. The molecule has 1 amide bonds. The Morgan fingerprint density at radius 1 is 0.537 bits per heavy atom. The van der Waals surface area contributed by atoms with Crippen molar-refractivity contribution in [1.82, 2.24) is 5.32 Å². The van der Waals surface area contributed by atoms with Crippen LogP contribution in [0.1, 0.15) is 187 Å². The lowest BCUT2D eigenvalue weighted by atomic mass is 10.0. The van der Waals surface area contributed by atoms with Crippen LogP contribution in [0.25, 0.3) is 0 Å². The van der Waals surface area contributed by atoms with Crippen LogP contribution in [0.3, 0.4) is 0 Å². The maximum Gasteiger partial charge on any atom is 0.268 e. The smallest absolute Gasteiger partial charge is 0.268 e. The second-order valence-electron chi connectivity index (χ2n) is 18.5. The number of unbranched alkanes of at least 4 members (excludes halogenated alkanes) is 15. The average molecular weight is 951 g/mol. The molecule has 8 nitrogen and oxygen atoms in total. The van der Waals surface area contributed by atoms with Crippen molar-refractivity contribution < 1.29 is 32.9 Å². The highest BCUT2D eigenvalue weighted by molar-refractivity contribution is 7.45. The van der Waals surface area contributed by atoms with Crippen LogP contribution in [0.15, 0.2) is 122 Å². The first-order valence-electron chi connectivity index (χ1n) is 26.4. The van der Waals surface area contributed by atoms with E-state index in [1.807, 2.05) is 27.2 Å². The van der Waals surface area contributed by atoms with Gasteiger partial charge in [0.2, 0.25) is 5.91 Å². The number of carbonyl (C=O) groups excluding carboxylic acids is 1. The zero-order valence-electron chi connectivity index (χ0n) is 43.3. The van der Waals surface area contributed by atoms with Gasteiger partial charge in [-0.2, -0.15) is 0 Å². The summed E-state index contributed by atoms with van der Waals surface area (Å²) < 4.78 is 23.2. The number of aliphatic hydroxyl groups is 1. The molecule has 0 aromatic rings. The van der Waals surface area contributed by atoms with Crippen LogP contribution in [-0.2, 0) is 18.4 Å². The third-order valence-electron chi connectivity index (χ3n) is 10.9. The molecule has 0 fully saturated rings. The Bertz CT molecular complexity index is 1500. The summed E-state index contributed by atoms with van der Waals surface area (Å²) in [5.41, 5.74) is 0. The Kier molecular flexibility index (Phi) is 45.7. The van der Waals surface area contributed by atoms with Gasteiger partial charge in [-0.3, -0.25) is 9.36 Å². The highest BCUT2D eigenvalue weighted by atomic mass is 31.2. The molecule has 0 heterocycles. The van der Waals surface area contributed by atoms with E-state index in [1.54, 1.807) is 6.08 Å². The number of nitrogens with one attached hydrogen (secondary N) is 1. The zero-order chi connectivity index (χ0) is 49.2. The van der Waals surface area contributed by atoms with E-state index in [1.165, 1.54) is 64.2 Å². The molecule has 0 rings (SSSR count). The summed E-state index contributed by atoms with van der Waals surface area (Å²) in [6.45, 7) is 4.42. The molecule has 9 heteroatoms. The SMILES string of the molecule is CC/C=C\C/C=C\C/C=C\C/C=C\C/C=C\C/C=C\C/C=C\CCCCCCCCCCCCCC(=O)NC(COP(=O)([O-])OCC[N+](C)(C)C)C(O)/C=C/CC/C=C/CC/C=C/CCCC. The number of phosphoric acid groups is 1. The van der Waals surface area contributed by atoms with Crippen LogP contribution in [0.4, 0.5) is 0 Å². The number of amides is 1. The van der Waals surface area contributed by atoms with Crippen LogP contribution in [0.2, 0.25) is 0 Å². The van der Waals surface area contributed by atoms with Gasteiger partial charge in [-0.05, 0) is 96.3 Å². The molecule has 0 aliphatic heterocycles. The molecule has 0 saturated heterocycles. The molecule has 67 heavy (non-hydrogen) atoms. The first kappa shape index (κ1) is 63.9. The number of hydrogen-bond donors (Lipinski definition) is 2. The predicted molar refractivity (Wildman–Crippen MR) is 288 cm³/mol. The van der Waals surface area contributed by atoms with E-state index in [0.29, 0.717) is 17.4 Å². The summed E-state index contributed by atoms with van der Waals surface area (Å²) in [6.07, 6.45) is 71.3. The van der Waals surface area contributed by atoms with E-state index < -0.39 is 26.6 Å². The van der Waals surface area contributed by atoms with Crippen LogP contribution < -0.4 is 10.2 Å². The number of phosphoric ester groups is 1. The molecule has 0 spiro atoms. The number of hydrogen-bond acceptors (Lipinski definition) is 6. The minimum Gasteiger partial charge on any atom is -0.756 e. The lowest BCUT2D eigenvalue weighted by Crippen LogP contribution is -2.45. The molecule has 0 radical (unpaired) electrons. The second-order valence-corrected chi connectivity index (χ2v) is 19.9. The van der Waals surface area contributed by atoms with Crippen LogP contribution in [0, 0.1) is 0 Å². The molecule has 382 valence electrons. The van der Waals surface area contributed by atoms with Gasteiger partial charge in [0, 0.05) is 6.42 Å². The molecule has 3 unspecified atom stereocenters. The first-order chi connectivity index (χ1) is 32.5. The van der Waals surface area contributed by atoms with Crippen molar-refractivity contribution >= 4 is 13.7 Å². The number of allylic oxidation sites excluding steroid dienone is 19. The van der Waals surface area contributed by atoms with Crippen molar-refractivity contribution in [2.75, 3.05) is 40.9 Å². The number of aliphatic hydroxyl groups excluding tert-OH is 1. The minimum atomic E-state index is -4.61. The van der Waals surface area contributed by atoms with E-state index in [0.717, 1.165) is 103 Å². The minimum absolute atomic E-state index is 0.0157. The van der Waals surface area contributed by atoms with Crippen LogP contribution >= 0.6 is 7.82 Å². The molecule has 0 aromatic heterocycles. The standard InChI is InChI=1S/C58H99N2O6P/c1-6-8-10-12-14-16-18-20-21-22-23-24-25-26-27-28-29-30-31-32-33-34-35-36-37-38-39-40-42-44-46-48-50-52-58(62)59-56(55-66-67(63,64)65-54-53-60(3,4)5)57(61)51-49-47-45-43-41-19-17-15-13-11-9-7-2/h8,10,13-16,20-21,23-24,26-27,29-30,32-33,41,43,49,51,56-57,61H,6-7,9,11-12,17-19,22,25,28,31,34-40,42,44-48,50,52-55H2,1-5H3,(H-,59,62,63,64)/b10-8-,15-13+,16-14-,21-20-,24-23-,27-26-,30-29-,33-32-,43-41+,51-49+. The molecular weight excluding hydrogens is 852 g/mol. The second kappa shape index (κ2) is 47.9. The van der Waals surface area contributed by atoms with Gasteiger partial charge >= 0.3 is 0 Å². The van der Waals surface area contributed by atoms with Crippen LogP contribution in [-0.4, -0.2) is 68.5 Å². The Balaban J connectivity index is 4.17. The maximum atomic E-state index is 12.9. The largest absolute Gasteiger partial charge is 0.756 e. The topological polar surface area (TPSA) is 108 Å². The number of rotatable bonds is 46. The van der Waals surface area contributed by atoms with Gasteiger partial charge in [-0.25, -0.2) is 0 Å². The van der Waals surface area contributed by atoms with Crippen molar-refractivity contribution in [1.29, 1.82) is 0 Å². The summed E-state index contributed by atoms with van der Waals surface area (Å²) in [7, 11) is 1.21.